The summed E-state index contributed by atoms with van der Waals surface area (Å²) in [4.78, 5) is 10.3. The highest BCUT2D eigenvalue weighted by molar-refractivity contribution is 6.16. The third-order valence-corrected chi connectivity index (χ3v) is 1.54. The van der Waals surface area contributed by atoms with Crippen molar-refractivity contribution < 1.29 is 14.3 Å². The van der Waals surface area contributed by atoms with Gasteiger partial charge in [0.1, 0.15) is 5.76 Å². The van der Waals surface area contributed by atoms with E-state index in [1.165, 1.54) is 6.26 Å². The molecule has 0 atom stereocenters. The summed E-state index contributed by atoms with van der Waals surface area (Å²) in [5.74, 6) is -0.123. The van der Waals surface area contributed by atoms with Crippen LogP contribution in [0.2, 0.25) is 0 Å². The van der Waals surface area contributed by atoms with Crippen molar-refractivity contribution in [1.82, 2.24) is 0 Å². The molecule has 1 rings (SSSR count). The number of aliphatic carboxylic acids is 1. The van der Waals surface area contributed by atoms with Gasteiger partial charge >= 0.3 is 5.97 Å². The summed E-state index contributed by atoms with van der Waals surface area (Å²) in [6.45, 7) is 0. The average molecular weight is 175 g/mol. The molecular weight excluding hydrogens is 168 g/mol. The summed E-state index contributed by atoms with van der Waals surface area (Å²) < 4.78 is 4.92. The third-order valence-electron chi connectivity index (χ3n) is 1.30. The summed E-state index contributed by atoms with van der Waals surface area (Å²) in [6, 6.07) is 1.62. The number of halogens is 1. The smallest absolute Gasteiger partial charge is 0.307 e. The van der Waals surface area contributed by atoms with Gasteiger partial charge in [0, 0.05) is 5.56 Å². The predicted octanol–water partition coefficient (Wildman–Crippen LogP) is 1.65. The van der Waals surface area contributed by atoms with E-state index in [0.29, 0.717) is 11.3 Å². The highest BCUT2D eigenvalue weighted by Gasteiger charge is 2.07. The van der Waals surface area contributed by atoms with E-state index in [1.807, 2.05) is 0 Å². The first-order chi connectivity index (χ1) is 5.24. The fraction of sp³-hybridized carbons (Fsp3) is 0.286. The van der Waals surface area contributed by atoms with Crippen LogP contribution in [-0.2, 0) is 17.1 Å². The minimum absolute atomic E-state index is 0.0292. The SMILES string of the molecule is O=C(O)Cc1ccoc1CCl. The number of rotatable bonds is 3. The molecule has 1 aromatic heterocycles. The first-order valence-electron chi connectivity index (χ1n) is 3.07. The zero-order valence-corrected chi connectivity index (χ0v) is 6.47. The van der Waals surface area contributed by atoms with Gasteiger partial charge in [0.25, 0.3) is 0 Å². The van der Waals surface area contributed by atoms with Crippen LogP contribution in [0.15, 0.2) is 16.7 Å². The monoisotopic (exact) mass is 174 g/mol. The number of carboxylic acids is 1. The van der Waals surface area contributed by atoms with Gasteiger partial charge in [-0.25, -0.2) is 0 Å². The number of carboxylic acid groups (broad SMARTS) is 1. The molecule has 0 aromatic carbocycles. The third kappa shape index (κ3) is 1.98. The van der Waals surface area contributed by atoms with Crippen LogP contribution in [0.3, 0.4) is 0 Å². The molecule has 11 heavy (non-hydrogen) atoms. The highest BCUT2D eigenvalue weighted by Crippen LogP contribution is 2.13. The molecule has 0 fully saturated rings. The van der Waals surface area contributed by atoms with Crippen LogP contribution in [0.1, 0.15) is 11.3 Å². The normalized spacial score (nSPS) is 9.91. The highest BCUT2D eigenvalue weighted by atomic mass is 35.5. The maximum Gasteiger partial charge on any atom is 0.307 e. The summed E-state index contributed by atoms with van der Waals surface area (Å²) in [5.41, 5.74) is 0.646. The predicted molar refractivity (Wildman–Crippen MR) is 39.6 cm³/mol. The van der Waals surface area contributed by atoms with E-state index in [4.69, 9.17) is 21.1 Å². The molecule has 0 radical (unpaired) electrons. The number of hydrogen-bond acceptors (Lipinski definition) is 2. The summed E-state index contributed by atoms with van der Waals surface area (Å²) >= 11 is 5.47. The Morgan fingerprint density at radius 2 is 2.45 bits per heavy atom. The van der Waals surface area contributed by atoms with Gasteiger partial charge in [0.2, 0.25) is 0 Å². The van der Waals surface area contributed by atoms with Crippen LogP contribution in [0.25, 0.3) is 0 Å². The van der Waals surface area contributed by atoms with Crippen LogP contribution in [0.4, 0.5) is 0 Å². The Hall–Kier alpha value is -0.960. The van der Waals surface area contributed by atoms with E-state index in [9.17, 15) is 4.79 Å². The largest absolute Gasteiger partial charge is 0.481 e. The van der Waals surface area contributed by atoms with Crippen LogP contribution >= 0.6 is 11.6 Å². The number of carbonyl (C=O) groups is 1. The fourth-order valence-electron chi connectivity index (χ4n) is 0.805. The van der Waals surface area contributed by atoms with Crippen molar-refractivity contribution in [3.05, 3.63) is 23.7 Å². The number of furan rings is 1. The van der Waals surface area contributed by atoms with Gasteiger partial charge in [-0.15, -0.1) is 11.6 Å². The summed E-state index contributed by atoms with van der Waals surface area (Å²) in [6.07, 6.45) is 1.41. The maximum atomic E-state index is 10.3. The Morgan fingerprint density at radius 1 is 1.73 bits per heavy atom. The number of alkyl halides is 1. The van der Waals surface area contributed by atoms with E-state index in [1.54, 1.807) is 6.07 Å². The van der Waals surface area contributed by atoms with E-state index in [-0.39, 0.29) is 12.3 Å². The van der Waals surface area contributed by atoms with Gasteiger partial charge in [0.15, 0.2) is 0 Å². The lowest BCUT2D eigenvalue weighted by molar-refractivity contribution is -0.136. The zero-order chi connectivity index (χ0) is 8.27. The summed E-state index contributed by atoms with van der Waals surface area (Å²) in [5, 5.41) is 8.42. The molecular formula is C7H7ClO3. The minimum atomic E-state index is -0.877. The van der Waals surface area contributed by atoms with Gasteiger partial charge in [-0.3, -0.25) is 4.79 Å². The van der Waals surface area contributed by atoms with E-state index in [2.05, 4.69) is 0 Å². The quantitative estimate of drug-likeness (QED) is 0.709. The molecule has 4 heteroatoms. The Balaban J connectivity index is 2.76. The van der Waals surface area contributed by atoms with E-state index < -0.39 is 5.97 Å². The fourth-order valence-corrected chi connectivity index (χ4v) is 1.04. The molecule has 1 heterocycles. The topological polar surface area (TPSA) is 50.4 Å². The lowest BCUT2D eigenvalue weighted by Gasteiger charge is -1.92. The van der Waals surface area contributed by atoms with Gasteiger partial charge in [-0.1, -0.05) is 0 Å². The zero-order valence-electron chi connectivity index (χ0n) is 5.71. The average Bonchev–Trinajstić information content (AvgIpc) is 2.34. The van der Waals surface area contributed by atoms with E-state index >= 15 is 0 Å². The van der Waals surface area contributed by atoms with Crippen LogP contribution < -0.4 is 0 Å². The molecule has 0 spiro atoms. The van der Waals surface area contributed by atoms with Crippen molar-refractivity contribution in [2.75, 3.05) is 0 Å². The minimum Gasteiger partial charge on any atom is -0.481 e. The van der Waals surface area contributed by atoms with Gasteiger partial charge in [-0.05, 0) is 6.07 Å². The van der Waals surface area contributed by atoms with Crippen molar-refractivity contribution in [3.8, 4) is 0 Å². The molecule has 3 nitrogen and oxygen atoms in total. The molecule has 0 saturated carbocycles. The lowest BCUT2D eigenvalue weighted by Crippen LogP contribution is -2.00. The Bertz CT molecular complexity index is 254. The van der Waals surface area contributed by atoms with Crippen molar-refractivity contribution in [1.29, 1.82) is 0 Å². The summed E-state index contributed by atoms with van der Waals surface area (Å²) in [7, 11) is 0. The molecule has 1 N–H and O–H groups in total. The second-order valence-corrected chi connectivity index (χ2v) is 2.34. The van der Waals surface area contributed by atoms with Crippen LogP contribution in [-0.4, -0.2) is 11.1 Å². The van der Waals surface area contributed by atoms with Crippen molar-refractivity contribution in [3.63, 3.8) is 0 Å². The van der Waals surface area contributed by atoms with Gasteiger partial charge in [-0.2, -0.15) is 0 Å². The molecule has 0 aliphatic carbocycles. The lowest BCUT2D eigenvalue weighted by atomic mass is 10.2. The Labute approximate surface area is 68.6 Å². The van der Waals surface area contributed by atoms with Crippen LogP contribution in [0.5, 0.6) is 0 Å². The van der Waals surface area contributed by atoms with Gasteiger partial charge in [0.05, 0.1) is 18.6 Å². The van der Waals surface area contributed by atoms with Gasteiger partial charge < -0.3 is 9.52 Å². The molecule has 0 unspecified atom stereocenters. The molecule has 0 aliphatic heterocycles. The Kier molecular flexibility index (Phi) is 2.54. The van der Waals surface area contributed by atoms with Crippen molar-refractivity contribution in [2.45, 2.75) is 12.3 Å². The first-order valence-corrected chi connectivity index (χ1v) is 3.60. The van der Waals surface area contributed by atoms with Crippen molar-refractivity contribution >= 4 is 17.6 Å². The van der Waals surface area contributed by atoms with Crippen LogP contribution in [0, 0.1) is 0 Å². The number of hydrogen-bond donors (Lipinski definition) is 1. The Morgan fingerprint density at radius 3 is 3.00 bits per heavy atom. The standard InChI is InChI=1S/C7H7ClO3/c8-4-6-5(1-2-11-6)3-7(9)10/h1-2H,3-4H2,(H,9,10). The molecule has 0 amide bonds. The second-order valence-electron chi connectivity index (χ2n) is 2.07. The molecule has 0 aliphatic rings. The van der Waals surface area contributed by atoms with E-state index in [0.717, 1.165) is 0 Å². The second kappa shape index (κ2) is 3.44. The first kappa shape index (κ1) is 8.14. The maximum absolute atomic E-state index is 10.3. The molecule has 0 bridgehead atoms. The molecule has 60 valence electrons. The van der Waals surface area contributed by atoms with Crippen molar-refractivity contribution in [2.24, 2.45) is 0 Å². The molecule has 1 aromatic rings. The molecule has 0 saturated heterocycles.